The summed E-state index contributed by atoms with van der Waals surface area (Å²) >= 11 is 0. The first-order chi connectivity index (χ1) is 8.24. The van der Waals surface area contributed by atoms with E-state index in [9.17, 15) is 23.3 Å². The minimum Gasteiger partial charge on any atom is -1.00 e. The first-order valence-electron chi connectivity index (χ1n) is 4.55. The average molecular weight is 299 g/mol. The number of methoxy groups -OCH3 is 1. The molecule has 100 valence electrons. The van der Waals surface area contributed by atoms with Crippen molar-refractivity contribution in [3.63, 3.8) is 0 Å². The number of esters is 1. The molecule has 0 spiro atoms. The van der Waals surface area contributed by atoms with Gasteiger partial charge in [0.1, 0.15) is 5.75 Å². The maximum absolute atomic E-state index is 11.3. The van der Waals surface area contributed by atoms with E-state index < -0.39 is 26.8 Å². The summed E-state index contributed by atoms with van der Waals surface area (Å²) in [5.74, 6) is -1.75. The molecule has 1 rings (SSSR count). The van der Waals surface area contributed by atoms with Gasteiger partial charge in [0.25, 0.3) is 15.8 Å². The summed E-state index contributed by atoms with van der Waals surface area (Å²) in [4.78, 5) is 21.1. The first kappa shape index (κ1) is 18.0. The molecule has 0 aliphatic rings. The van der Waals surface area contributed by atoms with Crippen LogP contribution < -0.4 is 29.6 Å². The summed E-state index contributed by atoms with van der Waals surface area (Å²) in [6.07, 6.45) is 0. The van der Waals surface area contributed by atoms with Crippen molar-refractivity contribution in [2.75, 3.05) is 7.11 Å². The van der Waals surface area contributed by atoms with Gasteiger partial charge in [0.05, 0.1) is 17.6 Å². The number of hydrogen-bond acceptors (Lipinski definition) is 6. The number of non-ortho nitro benzene ring substituents is 1. The van der Waals surface area contributed by atoms with Gasteiger partial charge in [0.15, 0.2) is 0 Å². The Morgan fingerprint density at radius 1 is 1.53 bits per heavy atom. The van der Waals surface area contributed by atoms with Crippen LogP contribution in [-0.2, 0) is 20.6 Å². The van der Waals surface area contributed by atoms with Crippen LogP contribution in [0.4, 0.5) is 5.69 Å². The monoisotopic (exact) mass is 299 g/mol. The van der Waals surface area contributed by atoms with Crippen molar-refractivity contribution < 1.29 is 58.4 Å². The molecule has 0 aliphatic heterocycles. The smallest absolute Gasteiger partial charge is 1.00 e. The number of hydrogen-bond donors (Lipinski definition) is 1. The third-order valence-electron chi connectivity index (χ3n) is 2.04. The van der Waals surface area contributed by atoms with Crippen LogP contribution in [0.15, 0.2) is 18.2 Å². The molecular formula is C9H10NNaO7S. The molecule has 0 radical (unpaired) electrons. The molecule has 0 aliphatic carbocycles. The minimum atomic E-state index is -4.41. The molecule has 1 N–H and O–H groups in total. The van der Waals surface area contributed by atoms with Gasteiger partial charge in [-0.3, -0.25) is 14.7 Å². The van der Waals surface area contributed by atoms with E-state index in [0.717, 1.165) is 25.3 Å². The summed E-state index contributed by atoms with van der Waals surface area (Å²) in [7, 11) is -3.33. The van der Waals surface area contributed by atoms with E-state index in [2.05, 4.69) is 4.74 Å². The predicted molar refractivity (Wildman–Crippen MR) is 60.8 cm³/mol. The van der Waals surface area contributed by atoms with Crippen molar-refractivity contribution >= 4 is 21.8 Å². The van der Waals surface area contributed by atoms with Gasteiger partial charge in [-0.05, 0) is 11.6 Å². The Morgan fingerprint density at radius 3 is 2.53 bits per heavy atom. The molecule has 1 aromatic carbocycles. The number of benzene rings is 1. The Balaban J connectivity index is 0. The van der Waals surface area contributed by atoms with Crippen LogP contribution in [0.2, 0.25) is 0 Å². The quantitative estimate of drug-likeness (QED) is 0.222. The van der Waals surface area contributed by atoms with Crippen molar-refractivity contribution in [1.29, 1.82) is 0 Å². The van der Waals surface area contributed by atoms with E-state index in [4.69, 9.17) is 4.55 Å². The van der Waals surface area contributed by atoms with Gasteiger partial charge in [0.2, 0.25) is 0 Å². The Morgan fingerprint density at radius 2 is 2.11 bits per heavy atom. The Bertz CT molecular complexity index is 604. The molecule has 0 atom stereocenters. The summed E-state index contributed by atoms with van der Waals surface area (Å²) < 4.78 is 34.7. The van der Waals surface area contributed by atoms with Crippen LogP contribution in [-0.4, -0.2) is 31.0 Å². The van der Waals surface area contributed by atoms with Gasteiger partial charge in [-0.1, -0.05) is 0 Å². The molecule has 0 bridgehead atoms. The maximum Gasteiger partial charge on any atom is 1.00 e. The number of nitrogens with zero attached hydrogens (tertiary/aromatic N) is 1. The number of carbonyl (C=O) groups is 1. The number of rotatable bonds is 4. The molecule has 8 nitrogen and oxygen atoms in total. The minimum absolute atomic E-state index is 0. The fourth-order valence-corrected chi connectivity index (χ4v) is 1.95. The Labute approximate surface area is 132 Å². The van der Waals surface area contributed by atoms with E-state index in [0.29, 0.717) is 0 Å². The van der Waals surface area contributed by atoms with Gasteiger partial charge in [0, 0.05) is 12.1 Å². The number of nitro groups is 1. The van der Waals surface area contributed by atoms with Crippen molar-refractivity contribution in [3.8, 4) is 0 Å². The summed E-state index contributed by atoms with van der Waals surface area (Å²) in [5, 5.41) is 10.5. The van der Waals surface area contributed by atoms with Crippen molar-refractivity contribution in [1.82, 2.24) is 0 Å². The van der Waals surface area contributed by atoms with Crippen LogP contribution in [0.3, 0.4) is 0 Å². The second-order valence-corrected chi connectivity index (χ2v) is 4.77. The van der Waals surface area contributed by atoms with E-state index >= 15 is 0 Å². The Hall–Kier alpha value is -1.000. The molecule has 0 aromatic heterocycles. The van der Waals surface area contributed by atoms with Gasteiger partial charge >= 0.3 is 35.5 Å². The first-order valence-corrected chi connectivity index (χ1v) is 6.16. The summed E-state index contributed by atoms with van der Waals surface area (Å²) in [6, 6.07) is 3.02. The molecule has 19 heavy (non-hydrogen) atoms. The predicted octanol–water partition coefficient (Wildman–Crippen LogP) is -2.11. The van der Waals surface area contributed by atoms with Crippen LogP contribution in [0.1, 0.15) is 17.3 Å². The molecule has 0 amide bonds. The van der Waals surface area contributed by atoms with Gasteiger partial charge < -0.3 is 6.16 Å². The number of ether oxygens (including phenoxy) is 1. The van der Waals surface area contributed by atoms with Gasteiger partial charge in [-0.2, -0.15) is 8.42 Å². The summed E-state index contributed by atoms with van der Waals surface area (Å²) in [5.41, 5.74) is -0.736. The van der Waals surface area contributed by atoms with Crippen LogP contribution in [0.25, 0.3) is 0 Å². The topological polar surface area (TPSA) is 124 Å². The molecule has 0 fully saturated rings. The molecule has 0 saturated carbocycles. The normalized spacial score (nSPS) is 10.4. The van der Waals surface area contributed by atoms with Gasteiger partial charge in [-0.15, -0.1) is 0 Å². The second-order valence-electron chi connectivity index (χ2n) is 3.32. The standard InChI is InChI=1S/C9H9NO7S.Na.H/c1-17-9(11)8-3-2-7(10(12)13)4-6(8)5-18(14,15)16;;/h2-4H,5H2,1H3,(H,14,15,16);;/q;+1;-1. The molecule has 0 saturated heterocycles. The van der Waals surface area contributed by atoms with E-state index in [1.165, 1.54) is 0 Å². The van der Waals surface area contributed by atoms with Crippen molar-refractivity contribution in [2.45, 2.75) is 5.75 Å². The zero-order valence-corrected chi connectivity index (χ0v) is 13.0. The molecule has 0 heterocycles. The fraction of sp³-hybridized carbons (Fsp3) is 0.222. The number of nitro benzene ring substituents is 1. The SMILES string of the molecule is COC(=O)c1ccc([N+](=O)[O-])cc1CS(=O)(=O)O.[H-].[Na+]. The molecule has 1 aromatic rings. The third kappa shape index (κ3) is 5.25. The largest absolute Gasteiger partial charge is 1.00 e. The van der Waals surface area contributed by atoms with E-state index in [1.807, 2.05) is 0 Å². The second kappa shape index (κ2) is 6.96. The Kier molecular flexibility index (Phi) is 6.60. The van der Waals surface area contributed by atoms with E-state index in [-0.39, 0.29) is 47.8 Å². The molecule has 0 unspecified atom stereocenters. The van der Waals surface area contributed by atoms with Crippen LogP contribution in [0.5, 0.6) is 0 Å². The zero-order chi connectivity index (χ0) is 13.9. The fourth-order valence-electron chi connectivity index (χ4n) is 1.32. The van der Waals surface area contributed by atoms with Crippen molar-refractivity contribution in [2.24, 2.45) is 0 Å². The van der Waals surface area contributed by atoms with E-state index in [1.54, 1.807) is 0 Å². The van der Waals surface area contributed by atoms with Crippen LogP contribution >= 0.6 is 0 Å². The number of carbonyl (C=O) groups excluding carboxylic acids is 1. The summed E-state index contributed by atoms with van der Waals surface area (Å²) in [6.45, 7) is 0. The molecular weight excluding hydrogens is 289 g/mol. The van der Waals surface area contributed by atoms with Crippen LogP contribution in [0, 0.1) is 10.1 Å². The maximum atomic E-state index is 11.3. The zero-order valence-electron chi connectivity index (χ0n) is 11.2. The van der Waals surface area contributed by atoms with Gasteiger partial charge in [-0.25, -0.2) is 4.79 Å². The third-order valence-corrected chi connectivity index (χ3v) is 2.72. The van der Waals surface area contributed by atoms with Crippen molar-refractivity contribution in [3.05, 3.63) is 39.4 Å². The average Bonchev–Trinajstić information content (AvgIpc) is 2.25. The molecule has 10 heteroatoms.